The third-order valence-corrected chi connectivity index (χ3v) is 3.17. The number of nitrogens with two attached hydrogens (primary N) is 1. The topological polar surface area (TPSA) is 112 Å². The van der Waals surface area contributed by atoms with Crippen LogP contribution in [0, 0.1) is 0 Å². The summed E-state index contributed by atoms with van der Waals surface area (Å²) in [6, 6.07) is 1.21. The van der Waals surface area contributed by atoms with Gasteiger partial charge in [0.05, 0.1) is 0 Å². The van der Waals surface area contributed by atoms with Gasteiger partial charge < -0.3 is 15.6 Å². The molecule has 1 saturated heterocycles. The van der Waals surface area contributed by atoms with Crippen LogP contribution in [0.3, 0.4) is 0 Å². The number of carbonyl (C=O) groups excluding carboxylic acids is 1. The van der Waals surface area contributed by atoms with E-state index in [1.807, 2.05) is 11.9 Å². The van der Waals surface area contributed by atoms with Gasteiger partial charge in [0.1, 0.15) is 5.69 Å². The molecule has 0 saturated carbocycles. The molecule has 4 N–H and O–H groups in total. The van der Waals surface area contributed by atoms with Crippen molar-refractivity contribution in [1.82, 2.24) is 14.9 Å². The maximum absolute atomic E-state index is 12.2. The molecule has 2 heterocycles. The molecule has 1 aliphatic heterocycles. The quantitative estimate of drug-likeness (QED) is 0.596. The smallest absolute Gasteiger partial charge is 0.326 e. The van der Waals surface area contributed by atoms with Crippen LogP contribution in [0.15, 0.2) is 15.7 Å². The monoisotopic (exact) mass is 252 g/mol. The minimum Gasteiger partial charge on any atom is -0.335 e. The van der Waals surface area contributed by atoms with Gasteiger partial charge in [-0.25, -0.2) is 4.79 Å². The molecule has 2 unspecified atom stereocenters. The van der Waals surface area contributed by atoms with E-state index in [-0.39, 0.29) is 23.7 Å². The van der Waals surface area contributed by atoms with E-state index in [2.05, 4.69) is 4.98 Å². The molecule has 2 rings (SSSR count). The van der Waals surface area contributed by atoms with Crippen molar-refractivity contribution in [3.8, 4) is 0 Å². The number of H-pyrrole nitrogens is 2. The summed E-state index contributed by atoms with van der Waals surface area (Å²) in [5.74, 6) is -0.336. The number of nitrogens with one attached hydrogen (secondary N) is 2. The van der Waals surface area contributed by atoms with Gasteiger partial charge in [-0.3, -0.25) is 14.6 Å². The summed E-state index contributed by atoms with van der Waals surface area (Å²) in [5.41, 5.74) is 4.59. The lowest BCUT2D eigenvalue weighted by Crippen LogP contribution is -2.49. The first-order valence-electron chi connectivity index (χ1n) is 5.87. The van der Waals surface area contributed by atoms with Crippen LogP contribution in [-0.4, -0.2) is 39.4 Å². The molecule has 7 heteroatoms. The highest BCUT2D eigenvalue weighted by Gasteiger charge is 2.28. The van der Waals surface area contributed by atoms with Crippen LogP contribution in [0.2, 0.25) is 0 Å². The Morgan fingerprint density at radius 2 is 2.17 bits per heavy atom. The van der Waals surface area contributed by atoms with E-state index in [1.165, 1.54) is 0 Å². The molecular formula is C11H16N4O3. The van der Waals surface area contributed by atoms with Gasteiger partial charge in [-0.2, -0.15) is 0 Å². The lowest BCUT2D eigenvalue weighted by molar-refractivity contribution is 0.0612. The average Bonchev–Trinajstić information content (AvgIpc) is 2.26. The summed E-state index contributed by atoms with van der Waals surface area (Å²) in [6.45, 7) is 2.44. The number of hydrogen-bond donors (Lipinski definition) is 3. The highest BCUT2D eigenvalue weighted by atomic mass is 16.2. The Hall–Kier alpha value is -1.89. The molecule has 0 aromatic carbocycles. The van der Waals surface area contributed by atoms with Crippen LogP contribution >= 0.6 is 0 Å². The zero-order valence-electron chi connectivity index (χ0n) is 10.1. The van der Waals surface area contributed by atoms with Gasteiger partial charge in [0, 0.05) is 24.7 Å². The number of amides is 1. The van der Waals surface area contributed by atoms with E-state index >= 15 is 0 Å². The van der Waals surface area contributed by atoms with Crippen molar-refractivity contribution in [2.24, 2.45) is 5.73 Å². The molecule has 7 nitrogen and oxygen atoms in total. The fraction of sp³-hybridized carbons (Fsp3) is 0.545. The molecule has 0 radical (unpaired) electrons. The minimum absolute atomic E-state index is 0.00374. The van der Waals surface area contributed by atoms with Crippen molar-refractivity contribution >= 4 is 5.91 Å². The van der Waals surface area contributed by atoms with Gasteiger partial charge in [-0.1, -0.05) is 0 Å². The fourth-order valence-corrected chi connectivity index (χ4v) is 2.25. The predicted octanol–water partition coefficient (Wildman–Crippen LogP) is -0.985. The molecule has 18 heavy (non-hydrogen) atoms. The second kappa shape index (κ2) is 4.77. The summed E-state index contributed by atoms with van der Waals surface area (Å²) in [5, 5.41) is 0. The fourth-order valence-electron chi connectivity index (χ4n) is 2.25. The van der Waals surface area contributed by atoms with Crippen LogP contribution < -0.4 is 17.0 Å². The Morgan fingerprint density at radius 3 is 2.78 bits per heavy atom. The number of carbonyl (C=O) groups is 1. The van der Waals surface area contributed by atoms with E-state index in [0.29, 0.717) is 6.54 Å². The third-order valence-electron chi connectivity index (χ3n) is 3.17. The second-order valence-electron chi connectivity index (χ2n) is 4.63. The molecule has 0 aliphatic carbocycles. The first kappa shape index (κ1) is 12.6. The number of hydrogen-bond acceptors (Lipinski definition) is 4. The third kappa shape index (κ3) is 2.51. The Balaban J connectivity index is 2.26. The Bertz CT molecular complexity index is 534. The summed E-state index contributed by atoms with van der Waals surface area (Å²) in [6.07, 6.45) is 1.45. The Morgan fingerprint density at radius 1 is 1.44 bits per heavy atom. The number of piperidine rings is 1. The summed E-state index contributed by atoms with van der Waals surface area (Å²) >= 11 is 0. The number of nitrogens with zero attached hydrogens (tertiary/aromatic N) is 1. The largest absolute Gasteiger partial charge is 0.335 e. The van der Waals surface area contributed by atoms with Crippen LogP contribution in [0.1, 0.15) is 30.3 Å². The molecule has 98 valence electrons. The van der Waals surface area contributed by atoms with Crippen molar-refractivity contribution < 1.29 is 4.79 Å². The van der Waals surface area contributed by atoms with Gasteiger partial charge >= 0.3 is 5.69 Å². The zero-order valence-corrected chi connectivity index (χ0v) is 10.1. The molecular weight excluding hydrogens is 236 g/mol. The van der Waals surface area contributed by atoms with Crippen LogP contribution in [0.4, 0.5) is 0 Å². The molecule has 2 atom stereocenters. The maximum atomic E-state index is 12.2. The first-order chi connectivity index (χ1) is 8.47. The van der Waals surface area contributed by atoms with Gasteiger partial charge in [0.15, 0.2) is 0 Å². The van der Waals surface area contributed by atoms with Gasteiger partial charge in [0.25, 0.3) is 11.5 Å². The SMILES string of the molecule is CC1CC(N)CCN1C(=O)c1cc(=O)[nH]c(=O)[nH]1. The van der Waals surface area contributed by atoms with E-state index in [9.17, 15) is 14.4 Å². The van der Waals surface area contributed by atoms with E-state index in [0.717, 1.165) is 18.9 Å². The van der Waals surface area contributed by atoms with Crippen molar-refractivity contribution in [2.45, 2.75) is 31.8 Å². The number of aromatic nitrogens is 2. The van der Waals surface area contributed by atoms with Gasteiger partial charge in [-0.05, 0) is 19.8 Å². The Kier molecular flexibility index (Phi) is 3.33. The standard InChI is InChI=1S/C11H16N4O3/c1-6-4-7(12)2-3-15(6)10(17)8-5-9(16)14-11(18)13-8/h5-7H,2-4,12H2,1H3,(H2,13,14,16,18). The van der Waals surface area contributed by atoms with Crippen LogP contribution in [0.25, 0.3) is 0 Å². The molecule has 1 fully saturated rings. The van der Waals surface area contributed by atoms with Crippen LogP contribution in [-0.2, 0) is 0 Å². The Labute approximate surface area is 103 Å². The van der Waals surface area contributed by atoms with Crippen molar-refractivity contribution in [2.75, 3.05) is 6.54 Å². The molecule has 1 aromatic rings. The summed E-state index contributed by atoms with van der Waals surface area (Å²) in [7, 11) is 0. The van der Waals surface area contributed by atoms with Crippen molar-refractivity contribution in [3.05, 3.63) is 32.6 Å². The lowest BCUT2D eigenvalue weighted by atomic mass is 9.99. The van der Waals surface area contributed by atoms with E-state index < -0.39 is 11.2 Å². The predicted molar refractivity (Wildman–Crippen MR) is 65.4 cm³/mol. The van der Waals surface area contributed by atoms with Crippen LogP contribution in [0.5, 0.6) is 0 Å². The molecule has 0 spiro atoms. The van der Waals surface area contributed by atoms with E-state index in [4.69, 9.17) is 5.73 Å². The maximum Gasteiger partial charge on any atom is 0.326 e. The first-order valence-corrected chi connectivity index (χ1v) is 5.87. The average molecular weight is 252 g/mol. The van der Waals surface area contributed by atoms with Gasteiger partial charge in [-0.15, -0.1) is 0 Å². The summed E-state index contributed by atoms with van der Waals surface area (Å²) in [4.78, 5) is 40.5. The molecule has 0 bridgehead atoms. The highest BCUT2D eigenvalue weighted by molar-refractivity contribution is 5.92. The molecule has 1 aliphatic rings. The number of likely N-dealkylation sites (tertiary alicyclic amines) is 1. The van der Waals surface area contributed by atoms with Crippen molar-refractivity contribution in [3.63, 3.8) is 0 Å². The zero-order chi connectivity index (χ0) is 13.3. The molecule has 1 aromatic heterocycles. The second-order valence-corrected chi connectivity index (χ2v) is 4.63. The number of aromatic amines is 2. The van der Waals surface area contributed by atoms with Crippen molar-refractivity contribution in [1.29, 1.82) is 0 Å². The highest BCUT2D eigenvalue weighted by Crippen LogP contribution is 2.17. The van der Waals surface area contributed by atoms with Gasteiger partial charge in [0.2, 0.25) is 0 Å². The minimum atomic E-state index is -0.674. The number of rotatable bonds is 1. The van der Waals surface area contributed by atoms with E-state index in [1.54, 1.807) is 4.90 Å². The lowest BCUT2D eigenvalue weighted by Gasteiger charge is -2.36. The molecule has 1 amide bonds. The normalized spacial score (nSPS) is 24.0. The summed E-state index contributed by atoms with van der Waals surface area (Å²) < 4.78 is 0.